The number of aromatic nitrogens is 1. The maximum absolute atomic E-state index is 14.6. The number of aryl methyl sites for hydroxylation is 2. The van der Waals surface area contributed by atoms with Crippen LogP contribution in [0.5, 0.6) is 0 Å². The van der Waals surface area contributed by atoms with Gasteiger partial charge >= 0.3 is 0 Å². The molecule has 0 aliphatic carbocycles. The zero-order valence-electron chi connectivity index (χ0n) is 21.4. The Labute approximate surface area is 226 Å². The highest BCUT2D eigenvalue weighted by atomic mass is 32.1. The molecule has 0 radical (unpaired) electrons. The summed E-state index contributed by atoms with van der Waals surface area (Å²) in [6.45, 7) is 6.27. The Morgan fingerprint density at radius 2 is 1.85 bits per heavy atom. The summed E-state index contributed by atoms with van der Waals surface area (Å²) >= 11 is 1.28. The van der Waals surface area contributed by atoms with Gasteiger partial charge in [-0.15, -0.1) is 0 Å². The molecule has 0 bridgehead atoms. The average Bonchev–Trinajstić information content (AvgIpc) is 3.51. The molecule has 4 heterocycles. The highest BCUT2D eigenvalue weighted by Gasteiger charge is 2.66. The number of rotatable bonds is 3. The number of thiazole rings is 1. The maximum Gasteiger partial charge on any atom is 0.297 e. The standard InChI is InChI=1S/C30H22FN3O4S/c1-4-11-33-20-8-6-5-7-19(20)30(28(33)37)23-25(35)18-14-17(31)9-10-21(18)38-26(23)27(36)34(30)29-32-24-16(3)12-15(2)13-22(24)39-29/h5-10,12-14H,4,11H2,1-3H3. The van der Waals surface area contributed by atoms with Crippen molar-refractivity contribution in [2.75, 3.05) is 16.3 Å². The van der Waals surface area contributed by atoms with E-state index in [1.807, 2.05) is 45.0 Å². The first-order valence-electron chi connectivity index (χ1n) is 12.7. The van der Waals surface area contributed by atoms with Crippen molar-refractivity contribution >= 4 is 55.2 Å². The summed E-state index contributed by atoms with van der Waals surface area (Å²) in [7, 11) is 0. The second-order valence-electron chi connectivity index (χ2n) is 10.0. The molecule has 1 atom stereocenters. The van der Waals surface area contributed by atoms with Crippen LogP contribution in [0, 0.1) is 19.7 Å². The number of hydrogen-bond acceptors (Lipinski definition) is 6. The molecule has 39 heavy (non-hydrogen) atoms. The highest BCUT2D eigenvalue weighted by Crippen LogP contribution is 2.55. The van der Waals surface area contributed by atoms with Crippen LogP contribution >= 0.6 is 11.3 Å². The maximum atomic E-state index is 14.6. The smallest absolute Gasteiger partial charge is 0.297 e. The van der Waals surface area contributed by atoms with E-state index < -0.39 is 28.6 Å². The Morgan fingerprint density at radius 1 is 1.05 bits per heavy atom. The van der Waals surface area contributed by atoms with Crippen LogP contribution in [0.15, 0.2) is 63.8 Å². The minimum Gasteiger partial charge on any atom is -0.450 e. The molecule has 1 spiro atoms. The summed E-state index contributed by atoms with van der Waals surface area (Å²) in [4.78, 5) is 50.8. The van der Waals surface area contributed by atoms with Crippen molar-refractivity contribution in [2.45, 2.75) is 32.7 Å². The van der Waals surface area contributed by atoms with Gasteiger partial charge in [0.25, 0.3) is 11.8 Å². The predicted octanol–water partition coefficient (Wildman–Crippen LogP) is 5.82. The van der Waals surface area contributed by atoms with E-state index in [0.717, 1.165) is 27.4 Å². The SMILES string of the molecule is CCCN1C(=O)C2(c3ccccc31)c1c(oc3ccc(F)cc3c1=O)C(=O)N2c1nc2c(C)cc(C)cc2s1. The number of carbonyl (C=O) groups is 2. The van der Waals surface area contributed by atoms with Crippen molar-refractivity contribution in [3.05, 3.63) is 98.7 Å². The number of para-hydroxylation sites is 1. The van der Waals surface area contributed by atoms with Crippen LogP contribution in [0.25, 0.3) is 21.2 Å². The van der Waals surface area contributed by atoms with Gasteiger partial charge in [-0.25, -0.2) is 9.37 Å². The minimum absolute atomic E-state index is 0.0298. The van der Waals surface area contributed by atoms with Gasteiger partial charge in [-0.05, 0) is 61.7 Å². The van der Waals surface area contributed by atoms with Gasteiger partial charge in [-0.1, -0.05) is 42.5 Å². The molecule has 5 aromatic rings. The summed E-state index contributed by atoms with van der Waals surface area (Å²) < 4.78 is 21.2. The normalized spacial score (nSPS) is 18.2. The number of halogens is 1. The first-order valence-corrected chi connectivity index (χ1v) is 13.5. The van der Waals surface area contributed by atoms with Crippen molar-refractivity contribution in [3.63, 3.8) is 0 Å². The molecule has 2 amide bonds. The third-order valence-corrected chi connectivity index (χ3v) is 8.53. The molecule has 7 rings (SSSR count). The number of fused-ring (bicyclic) bond motifs is 6. The number of hydrogen-bond donors (Lipinski definition) is 0. The third-order valence-electron chi connectivity index (χ3n) is 7.54. The molecule has 2 aliphatic heterocycles. The molecule has 2 aromatic heterocycles. The van der Waals surface area contributed by atoms with Crippen LogP contribution < -0.4 is 15.2 Å². The van der Waals surface area contributed by atoms with Gasteiger partial charge in [-0.2, -0.15) is 0 Å². The molecular weight excluding hydrogens is 517 g/mol. The quantitative estimate of drug-likeness (QED) is 0.289. The van der Waals surface area contributed by atoms with E-state index >= 15 is 0 Å². The van der Waals surface area contributed by atoms with Gasteiger partial charge in [0.05, 0.1) is 26.9 Å². The number of anilines is 2. The molecular formula is C30H22FN3O4S. The van der Waals surface area contributed by atoms with Crippen LogP contribution in [0.1, 0.15) is 46.2 Å². The molecule has 0 fully saturated rings. The second kappa shape index (κ2) is 8.07. The number of amides is 2. The largest absolute Gasteiger partial charge is 0.450 e. The molecule has 0 N–H and O–H groups in total. The van der Waals surface area contributed by atoms with E-state index in [4.69, 9.17) is 9.40 Å². The Morgan fingerprint density at radius 3 is 2.64 bits per heavy atom. The van der Waals surface area contributed by atoms with Crippen molar-refractivity contribution in [3.8, 4) is 0 Å². The number of benzene rings is 3. The zero-order valence-corrected chi connectivity index (χ0v) is 22.2. The molecule has 7 nitrogen and oxygen atoms in total. The Kier molecular flexibility index (Phi) is 4.91. The van der Waals surface area contributed by atoms with Gasteiger partial charge in [0.1, 0.15) is 11.4 Å². The van der Waals surface area contributed by atoms with Crippen LogP contribution in [0.3, 0.4) is 0 Å². The molecule has 2 aliphatic rings. The van der Waals surface area contributed by atoms with Crippen molar-refractivity contribution in [2.24, 2.45) is 0 Å². The molecule has 9 heteroatoms. The van der Waals surface area contributed by atoms with E-state index in [0.29, 0.717) is 24.2 Å². The van der Waals surface area contributed by atoms with Gasteiger partial charge in [0.2, 0.25) is 5.76 Å². The lowest BCUT2D eigenvalue weighted by molar-refractivity contribution is -0.121. The van der Waals surface area contributed by atoms with Gasteiger partial charge in [0, 0.05) is 12.1 Å². The van der Waals surface area contributed by atoms with Crippen molar-refractivity contribution < 1.29 is 18.4 Å². The van der Waals surface area contributed by atoms with Gasteiger partial charge in [-0.3, -0.25) is 19.3 Å². The number of carbonyl (C=O) groups excluding carboxylic acids is 2. The summed E-state index contributed by atoms with van der Waals surface area (Å²) in [5, 5.41) is 0.254. The molecule has 1 unspecified atom stereocenters. The lowest BCUT2D eigenvalue weighted by Gasteiger charge is -2.32. The van der Waals surface area contributed by atoms with Crippen molar-refractivity contribution in [1.82, 2.24) is 4.98 Å². The minimum atomic E-state index is -1.84. The van der Waals surface area contributed by atoms with Crippen LogP contribution in [-0.4, -0.2) is 23.3 Å². The van der Waals surface area contributed by atoms with Crippen LogP contribution in [-0.2, 0) is 10.3 Å². The summed E-state index contributed by atoms with van der Waals surface area (Å²) in [6.07, 6.45) is 0.661. The Hall–Kier alpha value is -4.37. The summed E-state index contributed by atoms with van der Waals surface area (Å²) in [6, 6.07) is 14.7. The monoisotopic (exact) mass is 539 g/mol. The highest BCUT2D eigenvalue weighted by molar-refractivity contribution is 7.22. The molecule has 0 saturated heterocycles. The Balaban J connectivity index is 1.63. The van der Waals surface area contributed by atoms with Crippen molar-refractivity contribution in [1.29, 1.82) is 0 Å². The van der Waals surface area contributed by atoms with Gasteiger partial charge < -0.3 is 9.32 Å². The van der Waals surface area contributed by atoms with E-state index in [9.17, 15) is 18.8 Å². The van der Waals surface area contributed by atoms with Crippen LogP contribution in [0.2, 0.25) is 0 Å². The lowest BCUT2D eigenvalue weighted by atomic mass is 9.84. The number of nitrogens with zero attached hydrogens (tertiary/aromatic N) is 3. The summed E-state index contributed by atoms with van der Waals surface area (Å²) in [5.74, 6) is -1.92. The van der Waals surface area contributed by atoms with E-state index in [2.05, 4.69) is 0 Å². The zero-order chi connectivity index (χ0) is 27.2. The molecule has 3 aromatic carbocycles. The molecule has 194 valence electrons. The van der Waals surface area contributed by atoms with E-state index in [1.54, 1.807) is 17.0 Å². The fourth-order valence-electron chi connectivity index (χ4n) is 6.04. The predicted molar refractivity (Wildman–Crippen MR) is 148 cm³/mol. The third kappa shape index (κ3) is 2.96. The Bertz CT molecular complexity index is 1960. The van der Waals surface area contributed by atoms with Gasteiger partial charge in [0.15, 0.2) is 16.1 Å². The second-order valence-corrected chi connectivity index (χ2v) is 11.0. The molecule has 0 saturated carbocycles. The van der Waals surface area contributed by atoms with E-state index in [-0.39, 0.29) is 27.4 Å². The lowest BCUT2D eigenvalue weighted by Crippen LogP contribution is -2.53. The summed E-state index contributed by atoms with van der Waals surface area (Å²) in [5.41, 5.74) is 1.32. The first-order chi connectivity index (χ1) is 18.8. The fraction of sp³-hybridized carbons (Fsp3) is 0.200. The first kappa shape index (κ1) is 23.7. The fourth-order valence-corrected chi connectivity index (χ4v) is 7.23. The topological polar surface area (TPSA) is 83.7 Å². The average molecular weight is 540 g/mol. The van der Waals surface area contributed by atoms with Crippen LogP contribution in [0.4, 0.5) is 15.2 Å². The van der Waals surface area contributed by atoms with E-state index in [1.165, 1.54) is 28.4 Å².